The van der Waals surface area contributed by atoms with Crippen molar-refractivity contribution < 1.29 is 32.1 Å². The van der Waals surface area contributed by atoms with Crippen molar-refractivity contribution in [3.05, 3.63) is 35.7 Å². The predicted octanol–water partition coefficient (Wildman–Crippen LogP) is 2.03. The summed E-state index contributed by atoms with van der Waals surface area (Å²) < 4.78 is 41.4. The van der Waals surface area contributed by atoms with Gasteiger partial charge in [-0.05, 0) is 19.1 Å². The first kappa shape index (κ1) is 18.1. The standard InChI is InChI=1S/C14H11F3N4O4/c1-7(20-24-2)11(22)19-12(23)9-5-3-8(4-6-9)10-18-13(25-21-10)14(15,16)17/h3-6H,1-2H3,(H,19,22,23)/b20-7+. The van der Waals surface area contributed by atoms with Crippen LogP contribution in [0.1, 0.15) is 23.2 Å². The molecule has 0 unspecified atom stereocenters. The zero-order valence-corrected chi connectivity index (χ0v) is 12.9. The average Bonchev–Trinajstić information content (AvgIpc) is 3.05. The third kappa shape index (κ3) is 4.40. The van der Waals surface area contributed by atoms with Gasteiger partial charge in [0, 0.05) is 11.1 Å². The number of benzene rings is 1. The number of halogens is 3. The average molecular weight is 356 g/mol. The third-order valence-electron chi connectivity index (χ3n) is 2.86. The molecular weight excluding hydrogens is 345 g/mol. The Kier molecular flexibility index (Phi) is 5.15. The third-order valence-corrected chi connectivity index (χ3v) is 2.86. The van der Waals surface area contributed by atoms with Gasteiger partial charge in [0.25, 0.3) is 11.8 Å². The summed E-state index contributed by atoms with van der Waals surface area (Å²) >= 11 is 0. The van der Waals surface area contributed by atoms with Gasteiger partial charge >= 0.3 is 12.1 Å². The Bertz CT molecular complexity index is 812. The second-order valence-electron chi connectivity index (χ2n) is 4.64. The molecule has 2 rings (SSSR count). The lowest BCUT2D eigenvalue weighted by atomic mass is 10.1. The number of amides is 2. The zero-order valence-electron chi connectivity index (χ0n) is 12.9. The molecule has 0 radical (unpaired) electrons. The number of rotatable bonds is 4. The summed E-state index contributed by atoms with van der Waals surface area (Å²) in [6.45, 7) is 1.35. The predicted molar refractivity (Wildman–Crippen MR) is 77.3 cm³/mol. The largest absolute Gasteiger partial charge is 0.471 e. The molecule has 0 bridgehead atoms. The lowest BCUT2D eigenvalue weighted by Gasteiger charge is -2.04. The van der Waals surface area contributed by atoms with Crippen LogP contribution in [-0.2, 0) is 15.8 Å². The van der Waals surface area contributed by atoms with Crippen LogP contribution >= 0.6 is 0 Å². The molecule has 2 amide bonds. The van der Waals surface area contributed by atoms with Gasteiger partial charge in [-0.1, -0.05) is 22.4 Å². The van der Waals surface area contributed by atoms with E-state index in [9.17, 15) is 22.8 Å². The summed E-state index contributed by atoms with van der Waals surface area (Å²) in [5.41, 5.74) is 0.250. The van der Waals surface area contributed by atoms with Crippen LogP contribution in [0.2, 0.25) is 0 Å². The molecule has 0 saturated heterocycles. The Morgan fingerprint density at radius 3 is 2.40 bits per heavy atom. The topological polar surface area (TPSA) is 107 Å². The molecule has 8 nitrogen and oxygen atoms in total. The van der Waals surface area contributed by atoms with Crippen molar-refractivity contribution in [1.82, 2.24) is 15.5 Å². The lowest BCUT2D eigenvalue weighted by molar-refractivity contribution is -0.159. The highest BCUT2D eigenvalue weighted by atomic mass is 19.4. The Balaban J connectivity index is 2.12. The van der Waals surface area contributed by atoms with Crippen molar-refractivity contribution >= 4 is 17.5 Å². The van der Waals surface area contributed by atoms with Crippen molar-refractivity contribution in [3.8, 4) is 11.4 Å². The summed E-state index contributed by atoms with van der Waals surface area (Å²) in [6, 6.07) is 5.23. The van der Waals surface area contributed by atoms with E-state index in [1.165, 1.54) is 38.3 Å². The SMILES string of the molecule is CO/N=C(\C)C(=O)NC(=O)c1ccc(-c2noc(C(F)(F)F)n2)cc1. The van der Waals surface area contributed by atoms with Gasteiger partial charge in [-0.25, -0.2) is 0 Å². The molecule has 0 fully saturated rings. The number of nitrogens with zero attached hydrogens (tertiary/aromatic N) is 3. The van der Waals surface area contributed by atoms with Crippen LogP contribution in [0.15, 0.2) is 33.9 Å². The highest BCUT2D eigenvalue weighted by Gasteiger charge is 2.38. The van der Waals surface area contributed by atoms with Gasteiger partial charge in [-0.3, -0.25) is 14.9 Å². The quantitative estimate of drug-likeness (QED) is 0.664. The van der Waals surface area contributed by atoms with E-state index in [2.05, 4.69) is 30.0 Å². The smallest absolute Gasteiger partial charge is 0.399 e. The molecule has 0 aliphatic carbocycles. The van der Waals surface area contributed by atoms with Crippen LogP contribution < -0.4 is 5.32 Å². The van der Waals surface area contributed by atoms with Gasteiger partial charge in [0.15, 0.2) is 0 Å². The molecule has 0 aliphatic heterocycles. The van der Waals surface area contributed by atoms with Gasteiger partial charge in [0.1, 0.15) is 12.8 Å². The number of carbonyl (C=O) groups excluding carboxylic acids is 2. The molecule has 2 aromatic rings. The molecular formula is C14H11F3N4O4. The zero-order chi connectivity index (χ0) is 18.6. The fourth-order valence-corrected chi connectivity index (χ4v) is 1.67. The second-order valence-corrected chi connectivity index (χ2v) is 4.64. The molecule has 1 aromatic heterocycles. The number of hydrogen-bond acceptors (Lipinski definition) is 7. The fraction of sp³-hybridized carbons (Fsp3) is 0.214. The molecule has 1 heterocycles. The first-order valence-electron chi connectivity index (χ1n) is 6.67. The fourth-order valence-electron chi connectivity index (χ4n) is 1.67. The summed E-state index contributed by atoms with van der Waals surface area (Å²) in [4.78, 5) is 31.2. The van der Waals surface area contributed by atoms with E-state index in [0.717, 1.165) is 0 Å². The maximum atomic E-state index is 12.4. The molecule has 25 heavy (non-hydrogen) atoms. The minimum Gasteiger partial charge on any atom is -0.399 e. The van der Waals surface area contributed by atoms with E-state index >= 15 is 0 Å². The second kappa shape index (κ2) is 7.11. The van der Waals surface area contributed by atoms with Gasteiger partial charge in [-0.15, -0.1) is 0 Å². The minimum atomic E-state index is -4.74. The number of nitrogens with one attached hydrogen (secondary N) is 1. The molecule has 0 aliphatic rings. The van der Waals surface area contributed by atoms with Crippen LogP contribution in [0.4, 0.5) is 13.2 Å². The van der Waals surface area contributed by atoms with E-state index in [1.54, 1.807) is 0 Å². The first-order valence-corrected chi connectivity index (χ1v) is 6.67. The number of oxime groups is 1. The Hall–Kier alpha value is -3.24. The van der Waals surface area contributed by atoms with Crippen molar-refractivity contribution in [2.24, 2.45) is 5.16 Å². The van der Waals surface area contributed by atoms with E-state index < -0.39 is 23.9 Å². The van der Waals surface area contributed by atoms with E-state index in [0.29, 0.717) is 0 Å². The van der Waals surface area contributed by atoms with E-state index in [4.69, 9.17) is 0 Å². The number of imide groups is 1. The normalized spacial score (nSPS) is 12.0. The van der Waals surface area contributed by atoms with Crippen LogP contribution in [-0.4, -0.2) is 34.8 Å². The Morgan fingerprint density at radius 1 is 1.24 bits per heavy atom. The molecule has 0 spiro atoms. The van der Waals surface area contributed by atoms with Crippen molar-refractivity contribution in [1.29, 1.82) is 0 Å². The van der Waals surface area contributed by atoms with Crippen LogP contribution in [0.3, 0.4) is 0 Å². The Labute approximate surface area is 138 Å². The molecule has 11 heteroatoms. The summed E-state index contributed by atoms with van der Waals surface area (Å²) in [7, 11) is 1.25. The molecule has 1 aromatic carbocycles. The van der Waals surface area contributed by atoms with Crippen molar-refractivity contribution in [2.45, 2.75) is 13.1 Å². The summed E-state index contributed by atoms with van der Waals surface area (Å²) in [5, 5.41) is 8.69. The Morgan fingerprint density at radius 2 is 1.88 bits per heavy atom. The van der Waals surface area contributed by atoms with Crippen LogP contribution in [0, 0.1) is 0 Å². The molecule has 132 valence electrons. The molecule has 0 atom stereocenters. The minimum absolute atomic E-state index is 0.0565. The van der Waals surface area contributed by atoms with E-state index in [1.807, 2.05) is 0 Å². The van der Waals surface area contributed by atoms with Gasteiger partial charge in [0.2, 0.25) is 5.82 Å². The van der Waals surface area contributed by atoms with E-state index in [-0.39, 0.29) is 22.7 Å². The maximum absolute atomic E-state index is 12.4. The van der Waals surface area contributed by atoms with Gasteiger partial charge in [0.05, 0.1) is 0 Å². The van der Waals surface area contributed by atoms with Crippen molar-refractivity contribution in [2.75, 3.05) is 7.11 Å². The number of carbonyl (C=O) groups is 2. The van der Waals surface area contributed by atoms with Crippen molar-refractivity contribution in [3.63, 3.8) is 0 Å². The highest BCUT2D eigenvalue weighted by Crippen LogP contribution is 2.29. The lowest BCUT2D eigenvalue weighted by Crippen LogP contribution is -2.35. The van der Waals surface area contributed by atoms with Gasteiger partial charge in [-0.2, -0.15) is 18.2 Å². The summed E-state index contributed by atoms with van der Waals surface area (Å²) in [6.07, 6.45) is -4.74. The number of aromatic nitrogens is 2. The first-order chi connectivity index (χ1) is 11.7. The highest BCUT2D eigenvalue weighted by molar-refractivity contribution is 6.40. The summed E-state index contributed by atoms with van der Waals surface area (Å²) in [5.74, 6) is -3.21. The van der Waals surface area contributed by atoms with Gasteiger partial charge < -0.3 is 9.36 Å². The molecule has 0 saturated carbocycles. The number of alkyl halides is 3. The van der Waals surface area contributed by atoms with Crippen LogP contribution in [0.25, 0.3) is 11.4 Å². The molecule has 1 N–H and O–H groups in total. The number of hydrogen-bond donors (Lipinski definition) is 1. The monoisotopic (exact) mass is 356 g/mol. The van der Waals surface area contributed by atoms with Crippen LogP contribution in [0.5, 0.6) is 0 Å². The maximum Gasteiger partial charge on any atom is 0.471 e.